The lowest BCUT2D eigenvalue weighted by atomic mass is 10.2. The Bertz CT molecular complexity index is 212. The average Bonchev–Trinajstić information content (AvgIpc) is 2.31. The van der Waals surface area contributed by atoms with Crippen LogP contribution in [0.2, 0.25) is 0 Å². The van der Waals surface area contributed by atoms with E-state index in [2.05, 4.69) is 5.32 Å². The quantitative estimate of drug-likeness (QED) is 0.485. The Morgan fingerprint density at radius 3 is 2.53 bits per heavy atom. The molecule has 0 aliphatic carbocycles. The first-order valence-electron chi connectivity index (χ1n) is 6.03. The summed E-state index contributed by atoms with van der Waals surface area (Å²) in [5.74, 6) is 1.93. The molecular formula is C12H25NO3S. The monoisotopic (exact) mass is 263 g/mol. The first kappa shape index (κ1) is 16.7. The molecule has 2 unspecified atom stereocenters. The van der Waals surface area contributed by atoms with Crippen LogP contribution >= 0.6 is 11.8 Å². The third-order valence-corrected chi connectivity index (χ3v) is 3.61. The summed E-state index contributed by atoms with van der Waals surface area (Å²) in [7, 11) is 1.41. The van der Waals surface area contributed by atoms with Crippen LogP contribution in [0, 0.1) is 5.92 Å². The number of hydrogen-bond acceptors (Lipinski definition) is 5. The number of carbonyl (C=O) groups is 1. The van der Waals surface area contributed by atoms with Crippen molar-refractivity contribution in [2.45, 2.75) is 39.3 Å². The zero-order valence-corrected chi connectivity index (χ0v) is 12.0. The molecule has 0 radical (unpaired) electrons. The molecule has 0 fully saturated rings. The van der Waals surface area contributed by atoms with E-state index in [1.54, 1.807) is 11.8 Å². The Morgan fingerprint density at radius 1 is 1.41 bits per heavy atom. The fourth-order valence-corrected chi connectivity index (χ4v) is 2.43. The molecule has 0 aromatic rings. The van der Waals surface area contributed by atoms with Crippen molar-refractivity contribution in [2.75, 3.05) is 25.2 Å². The maximum Gasteiger partial charge on any atom is 0.322 e. The Hall–Kier alpha value is -0.260. The zero-order chi connectivity index (χ0) is 13.3. The molecule has 4 nitrogen and oxygen atoms in total. The number of aliphatic hydroxyl groups is 1. The van der Waals surface area contributed by atoms with Gasteiger partial charge in [0, 0.05) is 12.6 Å². The second kappa shape index (κ2) is 9.74. The van der Waals surface area contributed by atoms with Gasteiger partial charge in [0.1, 0.15) is 6.04 Å². The highest BCUT2D eigenvalue weighted by molar-refractivity contribution is 7.99. The first-order valence-corrected chi connectivity index (χ1v) is 7.19. The fourth-order valence-electron chi connectivity index (χ4n) is 1.35. The van der Waals surface area contributed by atoms with Gasteiger partial charge < -0.3 is 15.2 Å². The molecule has 0 amide bonds. The number of nitrogens with one attached hydrogen (secondary N) is 1. The van der Waals surface area contributed by atoms with Crippen molar-refractivity contribution in [3.8, 4) is 0 Å². The van der Waals surface area contributed by atoms with E-state index in [1.165, 1.54) is 7.11 Å². The Labute approximate surface area is 108 Å². The van der Waals surface area contributed by atoms with Crippen LogP contribution in [0.25, 0.3) is 0 Å². The van der Waals surface area contributed by atoms with Crippen LogP contribution in [0.15, 0.2) is 0 Å². The predicted molar refractivity (Wildman–Crippen MR) is 72.3 cm³/mol. The van der Waals surface area contributed by atoms with Crippen molar-refractivity contribution in [1.29, 1.82) is 0 Å². The largest absolute Gasteiger partial charge is 0.468 e. The Kier molecular flexibility index (Phi) is 9.59. The number of aliphatic hydroxyl groups excluding tert-OH is 1. The van der Waals surface area contributed by atoms with Crippen LogP contribution < -0.4 is 5.32 Å². The lowest BCUT2D eigenvalue weighted by molar-refractivity contribution is -0.143. The normalized spacial score (nSPS) is 14.7. The molecule has 0 aromatic carbocycles. The second-order valence-electron chi connectivity index (χ2n) is 4.55. The minimum atomic E-state index is -0.225. The van der Waals surface area contributed by atoms with Gasteiger partial charge in [0.05, 0.1) is 7.11 Å². The predicted octanol–water partition coefficient (Wildman–Crippen LogP) is 1.28. The molecule has 0 aliphatic rings. The van der Waals surface area contributed by atoms with Crippen LogP contribution in [0.4, 0.5) is 0 Å². The maximum atomic E-state index is 11.5. The van der Waals surface area contributed by atoms with Crippen molar-refractivity contribution in [2.24, 2.45) is 5.92 Å². The van der Waals surface area contributed by atoms with Gasteiger partial charge in [-0.15, -0.1) is 0 Å². The molecule has 0 rings (SSSR count). The van der Waals surface area contributed by atoms with E-state index in [-0.39, 0.29) is 24.7 Å². The van der Waals surface area contributed by atoms with E-state index in [0.29, 0.717) is 5.92 Å². The van der Waals surface area contributed by atoms with Gasteiger partial charge in [-0.3, -0.25) is 4.79 Å². The van der Waals surface area contributed by atoms with Gasteiger partial charge in [-0.1, -0.05) is 20.8 Å². The van der Waals surface area contributed by atoms with Gasteiger partial charge in [0.2, 0.25) is 0 Å². The molecular weight excluding hydrogens is 238 g/mol. The van der Waals surface area contributed by atoms with Gasteiger partial charge in [-0.2, -0.15) is 11.8 Å². The fraction of sp³-hybridized carbons (Fsp3) is 0.917. The molecule has 17 heavy (non-hydrogen) atoms. The van der Waals surface area contributed by atoms with Crippen molar-refractivity contribution in [3.05, 3.63) is 0 Å². The number of methoxy groups -OCH3 is 1. The highest BCUT2D eigenvalue weighted by Crippen LogP contribution is 2.11. The molecule has 0 aliphatic heterocycles. The lowest BCUT2D eigenvalue weighted by Crippen LogP contribution is -2.42. The van der Waals surface area contributed by atoms with Crippen LogP contribution in [0.1, 0.15) is 27.2 Å². The molecule has 2 N–H and O–H groups in total. The molecule has 2 atom stereocenters. The van der Waals surface area contributed by atoms with Gasteiger partial charge in [0.15, 0.2) is 0 Å². The first-order chi connectivity index (χ1) is 8.01. The van der Waals surface area contributed by atoms with E-state index in [9.17, 15) is 4.79 Å². The van der Waals surface area contributed by atoms with Crippen LogP contribution in [0.3, 0.4) is 0 Å². The summed E-state index contributed by atoms with van der Waals surface area (Å²) in [5.41, 5.74) is 0. The van der Waals surface area contributed by atoms with Crippen molar-refractivity contribution >= 4 is 17.7 Å². The Morgan fingerprint density at radius 2 is 2.06 bits per heavy atom. The number of carbonyl (C=O) groups excluding carboxylic acids is 1. The van der Waals surface area contributed by atoms with E-state index >= 15 is 0 Å². The number of rotatable bonds is 9. The second-order valence-corrected chi connectivity index (χ2v) is 5.70. The standard InChI is InChI=1S/C12H25NO3S/c1-9(2)13-11(12(15)16-4)5-6-17-8-10(3)7-14/h9-11,13-14H,5-8H2,1-4H3. The molecule has 0 heterocycles. The SMILES string of the molecule is COC(=O)C(CCSCC(C)CO)NC(C)C. The minimum absolute atomic E-state index is 0.200. The molecule has 0 spiro atoms. The van der Waals surface area contributed by atoms with E-state index in [1.807, 2.05) is 20.8 Å². The average molecular weight is 263 g/mol. The molecule has 0 bridgehead atoms. The summed E-state index contributed by atoms with van der Waals surface area (Å²) in [5, 5.41) is 12.1. The van der Waals surface area contributed by atoms with E-state index in [4.69, 9.17) is 9.84 Å². The Balaban J connectivity index is 3.87. The molecule has 5 heteroatoms. The number of ether oxygens (including phenoxy) is 1. The summed E-state index contributed by atoms with van der Waals surface area (Å²) >= 11 is 1.76. The number of hydrogen-bond donors (Lipinski definition) is 2. The van der Waals surface area contributed by atoms with Gasteiger partial charge in [0.25, 0.3) is 0 Å². The summed E-state index contributed by atoms with van der Waals surface area (Å²) in [6, 6.07) is 0.0393. The summed E-state index contributed by atoms with van der Waals surface area (Å²) in [6.07, 6.45) is 0.758. The number of thioether (sulfide) groups is 1. The van der Waals surface area contributed by atoms with Crippen LogP contribution in [-0.4, -0.2) is 48.4 Å². The third kappa shape index (κ3) is 8.46. The molecule has 102 valence electrons. The minimum Gasteiger partial charge on any atom is -0.468 e. The van der Waals surface area contributed by atoms with Gasteiger partial charge in [-0.05, 0) is 23.8 Å². The highest BCUT2D eigenvalue weighted by Gasteiger charge is 2.19. The van der Waals surface area contributed by atoms with Crippen molar-refractivity contribution in [1.82, 2.24) is 5.32 Å². The molecule has 0 saturated carbocycles. The van der Waals surface area contributed by atoms with E-state index < -0.39 is 0 Å². The van der Waals surface area contributed by atoms with E-state index in [0.717, 1.165) is 17.9 Å². The van der Waals surface area contributed by atoms with Gasteiger partial charge >= 0.3 is 5.97 Å². The lowest BCUT2D eigenvalue weighted by Gasteiger charge is -2.19. The summed E-state index contributed by atoms with van der Waals surface area (Å²) < 4.78 is 4.76. The van der Waals surface area contributed by atoms with Gasteiger partial charge in [-0.25, -0.2) is 0 Å². The maximum absolute atomic E-state index is 11.5. The summed E-state index contributed by atoms with van der Waals surface area (Å²) in [6.45, 7) is 6.25. The van der Waals surface area contributed by atoms with Crippen molar-refractivity contribution < 1.29 is 14.6 Å². The smallest absolute Gasteiger partial charge is 0.322 e. The zero-order valence-electron chi connectivity index (χ0n) is 11.2. The molecule has 0 aromatic heterocycles. The number of esters is 1. The van der Waals surface area contributed by atoms with Crippen LogP contribution in [0.5, 0.6) is 0 Å². The molecule has 0 saturated heterocycles. The highest BCUT2D eigenvalue weighted by atomic mass is 32.2. The third-order valence-electron chi connectivity index (χ3n) is 2.29. The van der Waals surface area contributed by atoms with Crippen LogP contribution in [-0.2, 0) is 9.53 Å². The summed E-state index contributed by atoms with van der Waals surface area (Å²) in [4.78, 5) is 11.5. The van der Waals surface area contributed by atoms with Crippen molar-refractivity contribution in [3.63, 3.8) is 0 Å². The topological polar surface area (TPSA) is 58.6 Å².